The molecular weight excluding hydrogens is 368 g/mol. The Morgan fingerprint density at radius 3 is 2.69 bits per heavy atom. The third kappa shape index (κ3) is 4.61. The molecule has 3 heterocycles. The molecule has 3 aliphatic heterocycles. The molecule has 1 aromatic carbocycles. The minimum atomic E-state index is -0.774. The van der Waals surface area contributed by atoms with Crippen molar-refractivity contribution in [3.63, 3.8) is 0 Å². The Kier molecular flexibility index (Phi) is 6.13. The summed E-state index contributed by atoms with van der Waals surface area (Å²) in [5, 5.41) is 5.68. The highest BCUT2D eigenvalue weighted by Crippen LogP contribution is 2.30. The van der Waals surface area contributed by atoms with Crippen molar-refractivity contribution >= 4 is 17.8 Å². The van der Waals surface area contributed by atoms with Crippen LogP contribution in [0.2, 0.25) is 0 Å². The quantitative estimate of drug-likeness (QED) is 0.717. The molecular formula is C22H30N4O3. The molecule has 0 bridgehead atoms. The second kappa shape index (κ2) is 8.95. The molecule has 4 rings (SSSR count). The van der Waals surface area contributed by atoms with E-state index in [9.17, 15) is 14.4 Å². The van der Waals surface area contributed by atoms with Crippen LogP contribution in [0.1, 0.15) is 44.1 Å². The molecule has 3 aliphatic rings. The number of piperidine rings is 2. The van der Waals surface area contributed by atoms with Gasteiger partial charge in [0, 0.05) is 12.6 Å². The number of benzene rings is 1. The molecule has 4 amide bonds. The summed E-state index contributed by atoms with van der Waals surface area (Å²) in [6.45, 7) is 3.23. The largest absolute Gasteiger partial charge is 0.356 e. The number of imide groups is 1. The predicted molar refractivity (Wildman–Crippen MR) is 109 cm³/mol. The van der Waals surface area contributed by atoms with Crippen LogP contribution in [0.5, 0.6) is 0 Å². The van der Waals surface area contributed by atoms with Gasteiger partial charge in [-0.15, -0.1) is 0 Å². The monoisotopic (exact) mass is 398 g/mol. The van der Waals surface area contributed by atoms with Crippen LogP contribution in [-0.2, 0) is 16.1 Å². The number of nitrogens with zero attached hydrogens (tertiary/aromatic N) is 2. The van der Waals surface area contributed by atoms with Gasteiger partial charge in [-0.2, -0.15) is 0 Å². The molecule has 2 N–H and O–H groups in total. The van der Waals surface area contributed by atoms with Gasteiger partial charge in [0.05, 0.1) is 13.0 Å². The van der Waals surface area contributed by atoms with Gasteiger partial charge in [-0.25, -0.2) is 4.79 Å². The van der Waals surface area contributed by atoms with E-state index in [4.69, 9.17) is 0 Å². The van der Waals surface area contributed by atoms with Crippen molar-refractivity contribution in [2.45, 2.75) is 57.2 Å². The van der Waals surface area contributed by atoms with Crippen molar-refractivity contribution in [1.29, 1.82) is 0 Å². The third-order valence-corrected chi connectivity index (χ3v) is 6.47. The molecule has 1 aromatic rings. The van der Waals surface area contributed by atoms with Crippen molar-refractivity contribution in [3.05, 3.63) is 35.9 Å². The van der Waals surface area contributed by atoms with Crippen molar-refractivity contribution < 1.29 is 14.4 Å². The smallest absolute Gasteiger partial charge is 0.325 e. The van der Waals surface area contributed by atoms with Gasteiger partial charge in [0.2, 0.25) is 5.91 Å². The molecule has 156 valence electrons. The number of hydrogen-bond acceptors (Lipinski definition) is 4. The zero-order valence-electron chi connectivity index (χ0n) is 16.8. The third-order valence-electron chi connectivity index (χ3n) is 6.47. The Bertz CT molecular complexity index is 752. The highest BCUT2D eigenvalue weighted by atomic mass is 16.2. The molecule has 29 heavy (non-hydrogen) atoms. The number of carbonyl (C=O) groups excluding carboxylic acids is 3. The normalized spacial score (nSPS) is 27.4. The van der Waals surface area contributed by atoms with Gasteiger partial charge in [0.15, 0.2) is 0 Å². The van der Waals surface area contributed by atoms with E-state index >= 15 is 0 Å². The number of carbonyl (C=O) groups is 3. The van der Waals surface area contributed by atoms with Gasteiger partial charge in [0.25, 0.3) is 5.91 Å². The maximum Gasteiger partial charge on any atom is 0.325 e. The fraction of sp³-hybridized carbons (Fsp3) is 0.591. The molecule has 7 heteroatoms. The topological polar surface area (TPSA) is 81.8 Å². The number of amides is 4. The predicted octanol–water partition coefficient (Wildman–Crippen LogP) is 1.88. The van der Waals surface area contributed by atoms with E-state index in [1.54, 1.807) is 0 Å². The van der Waals surface area contributed by atoms with E-state index in [2.05, 4.69) is 15.5 Å². The Morgan fingerprint density at radius 2 is 1.86 bits per heavy atom. The van der Waals surface area contributed by atoms with E-state index in [1.807, 2.05) is 30.3 Å². The van der Waals surface area contributed by atoms with Crippen LogP contribution < -0.4 is 10.6 Å². The van der Waals surface area contributed by atoms with Crippen LogP contribution in [0, 0.1) is 5.92 Å². The van der Waals surface area contributed by atoms with E-state index in [0.717, 1.165) is 12.0 Å². The Labute approximate surface area is 171 Å². The fourth-order valence-corrected chi connectivity index (χ4v) is 4.95. The molecule has 0 aliphatic carbocycles. The average Bonchev–Trinajstić information content (AvgIpc) is 3.00. The van der Waals surface area contributed by atoms with E-state index in [1.165, 1.54) is 43.7 Å². The summed E-state index contributed by atoms with van der Waals surface area (Å²) >= 11 is 0. The van der Waals surface area contributed by atoms with Crippen molar-refractivity contribution in [3.8, 4) is 0 Å². The van der Waals surface area contributed by atoms with Crippen LogP contribution in [0.25, 0.3) is 0 Å². The molecule has 0 radical (unpaired) electrons. The second-order valence-electron chi connectivity index (χ2n) is 8.42. The molecule has 3 atom stereocenters. The first kappa shape index (κ1) is 19.9. The summed E-state index contributed by atoms with van der Waals surface area (Å²) in [4.78, 5) is 41.0. The zero-order chi connectivity index (χ0) is 20.2. The van der Waals surface area contributed by atoms with Crippen LogP contribution >= 0.6 is 0 Å². The van der Waals surface area contributed by atoms with Crippen LogP contribution in [0.4, 0.5) is 4.79 Å². The Balaban J connectivity index is 1.27. The molecule has 7 nitrogen and oxygen atoms in total. The van der Waals surface area contributed by atoms with Gasteiger partial charge in [0.1, 0.15) is 6.04 Å². The molecule has 0 spiro atoms. The summed E-state index contributed by atoms with van der Waals surface area (Å²) in [7, 11) is 0. The second-order valence-corrected chi connectivity index (χ2v) is 8.42. The number of fused-ring (bicyclic) bond motifs is 1. The zero-order valence-corrected chi connectivity index (χ0v) is 16.8. The van der Waals surface area contributed by atoms with Gasteiger partial charge < -0.3 is 15.5 Å². The van der Waals surface area contributed by atoms with Crippen molar-refractivity contribution in [2.24, 2.45) is 5.92 Å². The summed E-state index contributed by atoms with van der Waals surface area (Å²) < 4.78 is 0. The van der Waals surface area contributed by atoms with Gasteiger partial charge >= 0.3 is 6.03 Å². The molecule has 1 unspecified atom stereocenters. The summed E-state index contributed by atoms with van der Waals surface area (Å²) in [5.74, 6) is -0.0141. The number of rotatable bonds is 6. The van der Waals surface area contributed by atoms with Gasteiger partial charge in [-0.3, -0.25) is 14.5 Å². The van der Waals surface area contributed by atoms with Crippen LogP contribution in [-0.4, -0.2) is 59.4 Å². The molecule has 0 saturated carbocycles. The van der Waals surface area contributed by atoms with E-state index in [-0.39, 0.29) is 24.8 Å². The van der Waals surface area contributed by atoms with E-state index < -0.39 is 12.1 Å². The lowest BCUT2D eigenvalue weighted by Crippen LogP contribution is -2.51. The minimum absolute atomic E-state index is 0.00301. The van der Waals surface area contributed by atoms with Crippen molar-refractivity contribution in [1.82, 2.24) is 20.4 Å². The lowest BCUT2D eigenvalue weighted by atomic mass is 9.83. The van der Waals surface area contributed by atoms with Crippen LogP contribution in [0.15, 0.2) is 30.3 Å². The minimum Gasteiger partial charge on any atom is -0.356 e. The lowest BCUT2D eigenvalue weighted by molar-refractivity contribution is -0.131. The van der Waals surface area contributed by atoms with Gasteiger partial charge in [-0.05, 0) is 50.3 Å². The summed E-state index contributed by atoms with van der Waals surface area (Å²) in [6, 6.07) is 8.76. The number of hydrogen-bond donors (Lipinski definition) is 2. The molecule has 0 aromatic heterocycles. The fourth-order valence-electron chi connectivity index (χ4n) is 4.95. The first-order chi connectivity index (χ1) is 14.1. The standard InChI is InChI=1S/C22H30N4O3/c27-20(23-14-17-9-6-12-25-11-5-4-10-19(17)25)13-18-21(28)26(22(29)24-18)15-16-7-2-1-3-8-16/h1-3,7-8,17-19H,4-6,9-15H2,(H,23,27)(H,24,29)/t17-,18?,19+/m0/s1. The van der Waals surface area contributed by atoms with Crippen molar-refractivity contribution in [2.75, 3.05) is 19.6 Å². The molecule has 3 fully saturated rings. The lowest BCUT2D eigenvalue weighted by Gasteiger charge is -2.44. The maximum atomic E-state index is 12.6. The highest BCUT2D eigenvalue weighted by Gasteiger charge is 2.39. The first-order valence-electron chi connectivity index (χ1n) is 10.8. The first-order valence-corrected chi connectivity index (χ1v) is 10.8. The van der Waals surface area contributed by atoms with Crippen LogP contribution in [0.3, 0.4) is 0 Å². The highest BCUT2D eigenvalue weighted by molar-refractivity contribution is 6.05. The summed E-state index contributed by atoms with van der Waals surface area (Å²) in [5.41, 5.74) is 0.885. The maximum absolute atomic E-state index is 12.6. The van der Waals surface area contributed by atoms with Gasteiger partial charge in [-0.1, -0.05) is 36.8 Å². The number of nitrogens with one attached hydrogen (secondary N) is 2. The average molecular weight is 399 g/mol. The number of urea groups is 1. The van der Waals surface area contributed by atoms with E-state index in [0.29, 0.717) is 18.5 Å². The Morgan fingerprint density at radius 1 is 1.07 bits per heavy atom. The molecule has 3 saturated heterocycles. The summed E-state index contributed by atoms with van der Waals surface area (Å²) in [6.07, 6.45) is 6.08. The Hall–Kier alpha value is -2.41. The SMILES string of the molecule is O=C(CC1NC(=O)N(Cc2ccccc2)C1=O)NC[C@@H]1CCCN2CCCC[C@H]12.